The zero-order valence-corrected chi connectivity index (χ0v) is 16.4. The van der Waals surface area contributed by atoms with Crippen molar-refractivity contribution in [2.75, 3.05) is 18.0 Å². The predicted molar refractivity (Wildman–Crippen MR) is 113 cm³/mol. The van der Waals surface area contributed by atoms with E-state index < -0.39 is 12.2 Å². The maximum atomic E-state index is 12.3. The van der Waals surface area contributed by atoms with E-state index in [9.17, 15) is 9.59 Å². The van der Waals surface area contributed by atoms with E-state index in [0.717, 1.165) is 5.56 Å². The normalized spacial score (nSPS) is 15.8. The number of carbonyl (C=O) groups is 2. The lowest BCUT2D eigenvalue weighted by molar-refractivity contribution is 0.0916. The Kier molecular flexibility index (Phi) is 4.75. The Morgan fingerprint density at radius 2 is 1.87 bits per heavy atom. The number of nitrogens with one attached hydrogen (secondary N) is 1. The molecule has 31 heavy (non-hydrogen) atoms. The van der Waals surface area contributed by atoms with Crippen LogP contribution < -0.4 is 10.2 Å². The molecule has 1 N–H and O–H groups in total. The van der Waals surface area contributed by atoms with E-state index >= 15 is 0 Å². The number of amides is 2. The zero-order chi connectivity index (χ0) is 21.2. The van der Waals surface area contributed by atoms with Gasteiger partial charge in [0.25, 0.3) is 11.7 Å². The Bertz CT molecular complexity index is 1240. The summed E-state index contributed by atoms with van der Waals surface area (Å²) in [5.41, 5.74) is 2.12. The van der Waals surface area contributed by atoms with Gasteiger partial charge in [0, 0.05) is 29.2 Å². The number of benzene rings is 2. The summed E-state index contributed by atoms with van der Waals surface area (Å²) < 4.78 is 7.21. The monoisotopic (exact) mass is 414 g/mol. The molecule has 2 amide bonds. The van der Waals surface area contributed by atoms with Gasteiger partial charge >= 0.3 is 6.09 Å². The van der Waals surface area contributed by atoms with Gasteiger partial charge in [0.1, 0.15) is 6.10 Å². The summed E-state index contributed by atoms with van der Waals surface area (Å²) in [6.07, 6.45) is 2.64. The molecule has 1 aliphatic heterocycles. The number of aromatic nitrogens is 4. The molecule has 3 heterocycles. The highest BCUT2D eigenvalue weighted by Crippen LogP contribution is 2.25. The third-order valence-electron chi connectivity index (χ3n) is 5.03. The first-order valence-corrected chi connectivity index (χ1v) is 9.76. The molecule has 9 heteroatoms. The van der Waals surface area contributed by atoms with Crippen molar-refractivity contribution < 1.29 is 14.3 Å². The van der Waals surface area contributed by atoms with Gasteiger partial charge < -0.3 is 10.1 Å². The SMILES string of the molecule is O=C(NC[C@H]1CN(c2ccc(-c3nnc4ncccn34)cc2)C(=O)O1)c1ccccc1. The number of fused-ring (bicyclic) bond motifs is 1. The molecule has 154 valence electrons. The molecule has 0 saturated carbocycles. The van der Waals surface area contributed by atoms with Crippen LogP contribution in [0.3, 0.4) is 0 Å². The minimum atomic E-state index is -0.441. The van der Waals surface area contributed by atoms with E-state index in [1.165, 1.54) is 0 Å². The van der Waals surface area contributed by atoms with Crippen molar-refractivity contribution in [1.82, 2.24) is 24.9 Å². The van der Waals surface area contributed by atoms with Crippen molar-refractivity contribution in [2.24, 2.45) is 0 Å². The van der Waals surface area contributed by atoms with Gasteiger partial charge in [0.05, 0.1) is 13.1 Å². The van der Waals surface area contributed by atoms with Crippen molar-refractivity contribution >= 4 is 23.5 Å². The maximum Gasteiger partial charge on any atom is 0.414 e. The number of rotatable bonds is 5. The molecule has 0 bridgehead atoms. The Labute approximate surface area is 177 Å². The Morgan fingerprint density at radius 1 is 1.06 bits per heavy atom. The van der Waals surface area contributed by atoms with E-state index in [-0.39, 0.29) is 12.5 Å². The second kappa shape index (κ2) is 7.86. The van der Waals surface area contributed by atoms with E-state index in [1.807, 2.05) is 42.6 Å². The molecule has 9 nitrogen and oxygen atoms in total. The fourth-order valence-electron chi connectivity index (χ4n) is 3.47. The van der Waals surface area contributed by atoms with Crippen LogP contribution in [-0.2, 0) is 4.74 Å². The largest absolute Gasteiger partial charge is 0.442 e. The highest BCUT2D eigenvalue weighted by atomic mass is 16.6. The minimum Gasteiger partial charge on any atom is -0.442 e. The van der Waals surface area contributed by atoms with E-state index in [4.69, 9.17) is 4.74 Å². The Morgan fingerprint density at radius 3 is 2.68 bits per heavy atom. The second-order valence-electron chi connectivity index (χ2n) is 7.05. The fraction of sp³-hybridized carbons (Fsp3) is 0.136. The van der Waals surface area contributed by atoms with E-state index in [2.05, 4.69) is 20.5 Å². The summed E-state index contributed by atoms with van der Waals surface area (Å²) in [4.78, 5) is 30.3. The molecule has 0 radical (unpaired) electrons. The molecule has 1 aliphatic rings. The molecule has 5 rings (SSSR count). The number of nitrogens with zero attached hydrogens (tertiary/aromatic N) is 5. The fourth-order valence-corrected chi connectivity index (χ4v) is 3.47. The summed E-state index contributed by atoms with van der Waals surface area (Å²) in [6.45, 7) is 0.595. The molecule has 1 saturated heterocycles. The molecule has 0 spiro atoms. The maximum absolute atomic E-state index is 12.3. The van der Waals surface area contributed by atoms with Crippen LogP contribution in [0.2, 0.25) is 0 Å². The first kappa shape index (κ1) is 18.7. The van der Waals surface area contributed by atoms with Gasteiger partial charge in [0.2, 0.25) is 0 Å². The lowest BCUT2D eigenvalue weighted by Crippen LogP contribution is -2.34. The van der Waals surface area contributed by atoms with Crippen LogP contribution in [0.1, 0.15) is 10.4 Å². The molecule has 0 unspecified atom stereocenters. The summed E-state index contributed by atoms with van der Waals surface area (Å²) in [6, 6.07) is 18.1. The third-order valence-corrected chi connectivity index (χ3v) is 5.03. The zero-order valence-electron chi connectivity index (χ0n) is 16.4. The van der Waals surface area contributed by atoms with E-state index in [1.54, 1.807) is 39.8 Å². The van der Waals surface area contributed by atoms with Crippen LogP contribution in [0.15, 0.2) is 73.1 Å². The molecule has 1 atom stereocenters. The smallest absolute Gasteiger partial charge is 0.414 e. The summed E-state index contributed by atoms with van der Waals surface area (Å²) in [5.74, 6) is 0.986. The van der Waals surface area contributed by atoms with Crippen LogP contribution in [0.5, 0.6) is 0 Å². The van der Waals surface area contributed by atoms with Crippen molar-refractivity contribution in [3.05, 3.63) is 78.6 Å². The molecule has 4 aromatic rings. The highest BCUT2D eigenvalue weighted by Gasteiger charge is 2.32. The lowest BCUT2D eigenvalue weighted by atomic mass is 10.2. The Balaban J connectivity index is 1.25. The van der Waals surface area contributed by atoms with Crippen molar-refractivity contribution in [1.29, 1.82) is 0 Å². The number of cyclic esters (lactones) is 1. The molecule has 2 aromatic carbocycles. The quantitative estimate of drug-likeness (QED) is 0.539. The number of anilines is 1. The summed E-state index contributed by atoms with van der Waals surface area (Å²) >= 11 is 0. The van der Waals surface area contributed by atoms with Gasteiger partial charge in [-0.25, -0.2) is 9.78 Å². The Hall–Kier alpha value is -4.27. The van der Waals surface area contributed by atoms with Crippen LogP contribution in [0, 0.1) is 0 Å². The van der Waals surface area contributed by atoms with Crippen molar-refractivity contribution in [3.8, 4) is 11.4 Å². The number of hydrogen-bond acceptors (Lipinski definition) is 6. The second-order valence-corrected chi connectivity index (χ2v) is 7.05. The van der Waals surface area contributed by atoms with Gasteiger partial charge in [-0.3, -0.25) is 14.1 Å². The van der Waals surface area contributed by atoms with Gasteiger partial charge in [-0.2, -0.15) is 0 Å². The number of hydrogen-bond donors (Lipinski definition) is 1. The first-order chi connectivity index (χ1) is 15.2. The molecule has 1 fully saturated rings. The summed E-state index contributed by atoms with van der Waals surface area (Å²) in [5, 5.41) is 11.1. The molecular weight excluding hydrogens is 396 g/mol. The highest BCUT2D eigenvalue weighted by molar-refractivity contribution is 5.94. The van der Waals surface area contributed by atoms with Crippen molar-refractivity contribution in [2.45, 2.75) is 6.10 Å². The average Bonchev–Trinajstić information content (AvgIpc) is 3.41. The first-order valence-electron chi connectivity index (χ1n) is 9.76. The van der Waals surface area contributed by atoms with Crippen LogP contribution in [0.4, 0.5) is 10.5 Å². The third kappa shape index (κ3) is 3.68. The van der Waals surface area contributed by atoms with Gasteiger partial charge in [-0.15, -0.1) is 10.2 Å². The van der Waals surface area contributed by atoms with Crippen molar-refractivity contribution in [3.63, 3.8) is 0 Å². The van der Waals surface area contributed by atoms with Crippen LogP contribution in [-0.4, -0.2) is 50.8 Å². The molecule has 0 aliphatic carbocycles. The lowest BCUT2D eigenvalue weighted by Gasteiger charge is -2.13. The molecule has 2 aromatic heterocycles. The van der Waals surface area contributed by atoms with Gasteiger partial charge in [0.15, 0.2) is 5.82 Å². The molecular formula is C22H18N6O3. The van der Waals surface area contributed by atoms with Crippen LogP contribution in [0.25, 0.3) is 17.2 Å². The standard InChI is InChI=1S/C22H18N6O3/c29-20(16-5-2-1-3-6-16)24-13-18-14-28(22(30)31-18)17-9-7-15(8-10-17)19-25-26-21-23-11-4-12-27(19)21/h1-12,18H,13-14H2,(H,24,29)/t18-/m0/s1. The van der Waals surface area contributed by atoms with Gasteiger partial charge in [-0.05, 0) is 42.5 Å². The predicted octanol–water partition coefficient (Wildman–Crippen LogP) is 2.55. The minimum absolute atomic E-state index is 0.200. The number of carbonyl (C=O) groups excluding carboxylic acids is 2. The van der Waals surface area contributed by atoms with Gasteiger partial charge in [-0.1, -0.05) is 18.2 Å². The van der Waals surface area contributed by atoms with Crippen LogP contribution >= 0.6 is 0 Å². The van der Waals surface area contributed by atoms with E-state index in [0.29, 0.717) is 29.4 Å². The summed E-state index contributed by atoms with van der Waals surface area (Å²) in [7, 11) is 0. The number of ether oxygens (including phenoxy) is 1. The topological polar surface area (TPSA) is 102 Å². The average molecular weight is 414 g/mol.